The molecule has 0 radical (unpaired) electrons. The first-order chi connectivity index (χ1) is 13.0. The number of hydrogen-bond acceptors (Lipinski definition) is 7. The number of benzene rings is 2. The molecule has 0 N–H and O–H groups in total. The molecule has 1 unspecified atom stereocenters. The van der Waals surface area contributed by atoms with Crippen LogP contribution in [-0.4, -0.2) is 37.7 Å². The molecule has 2 aromatic carbocycles. The van der Waals surface area contributed by atoms with Gasteiger partial charge in [-0.1, -0.05) is 12.1 Å². The van der Waals surface area contributed by atoms with E-state index in [9.17, 15) is 19.7 Å². The van der Waals surface area contributed by atoms with Crippen LogP contribution in [0.3, 0.4) is 0 Å². The Balaban J connectivity index is 2.22. The number of nitro groups is 1. The lowest BCUT2D eigenvalue weighted by Crippen LogP contribution is -2.14. The summed E-state index contributed by atoms with van der Waals surface area (Å²) in [4.78, 5) is 34.3. The number of hydrogen-bond donors (Lipinski definition) is 0. The van der Waals surface area contributed by atoms with Gasteiger partial charge in [0.2, 0.25) is 0 Å². The maximum absolute atomic E-state index is 12.4. The summed E-state index contributed by atoms with van der Waals surface area (Å²) in [7, 11) is 2.81. The van der Waals surface area contributed by atoms with Crippen LogP contribution >= 0.6 is 0 Å². The summed E-state index contributed by atoms with van der Waals surface area (Å²) in [6.07, 6.45) is -0.280. The summed E-state index contributed by atoms with van der Waals surface area (Å²) in [6.45, 7) is 0.334. The molecule has 0 saturated heterocycles. The lowest BCUT2D eigenvalue weighted by atomic mass is 10.0. The van der Waals surface area contributed by atoms with Gasteiger partial charge in [-0.15, -0.1) is 0 Å². The number of nitro benzene ring substituents is 1. The highest BCUT2D eigenvalue weighted by molar-refractivity contribution is 5.90. The van der Waals surface area contributed by atoms with E-state index in [1.807, 2.05) is 0 Å². The van der Waals surface area contributed by atoms with Gasteiger partial charge >= 0.3 is 11.9 Å². The zero-order valence-corrected chi connectivity index (χ0v) is 14.9. The van der Waals surface area contributed by atoms with Gasteiger partial charge in [0.05, 0.1) is 29.8 Å². The number of carbonyl (C=O) groups is 2. The van der Waals surface area contributed by atoms with E-state index in [0.29, 0.717) is 24.2 Å². The first-order valence-electron chi connectivity index (χ1n) is 8.09. The van der Waals surface area contributed by atoms with E-state index in [0.717, 1.165) is 0 Å². The molecule has 8 nitrogen and oxygen atoms in total. The van der Waals surface area contributed by atoms with Crippen molar-refractivity contribution in [2.24, 2.45) is 0 Å². The van der Waals surface area contributed by atoms with Crippen molar-refractivity contribution >= 4 is 17.6 Å². The number of ether oxygens (including phenoxy) is 3. The van der Waals surface area contributed by atoms with E-state index in [4.69, 9.17) is 14.2 Å². The third kappa shape index (κ3) is 5.35. The minimum atomic E-state index is -0.655. The number of esters is 2. The summed E-state index contributed by atoms with van der Waals surface area (Å²) in [5.41, 5.74) is 1.02. The zero-order chi connectivity index (χ0) is 19.8. The highest BCUT2D eigenvalue weighted by Crippen LogP contribution is 2.25. The maximum Gasteiger partial charge on any atom is 0.338 e. The van der Waals surface area contributed by atoms with Crippen molar-refractivity contribution in [1.29, 1.82) is 0 Å². The molecule has 0 saturated carbocycles. The molecule has 0 aliphatic rings. The normalized spacial score (nSPS) is 11.5. The predicted octanol–water partition coefficient (Wildman–Crippen LogP) is 3.32. The Bertz CT molecular complexity index is 817. The van der Waals surface area contributed by atoms with Crippen LogP contribution in [0.2, 0.25) is 0 Å². The van der Waals surface area contributed by atoms with Gasteiger partial charge in [-0.2, -0.15) is 0 Å². The van der Waals surface area contributed by atoms with E-state index < -0.39 is 23.0 Å². The predicted molar refractivity (Wildman–Crippen MR) is 95.5 cm³/mol. The summed E-state index contributed by atoms with van der Waals surface area (Å²) >= 11 is 0. The molecule has 0 bridgehead atoms. The molecule has 0 aromatic heterocycles. The van der Waals surface area contributed by atoms with Gasteiger partial charge in [-0.25, -0.2) is 9.59 Å². The SMILES string of the molecule is COCCC(OC(=O)c1ccc([N+](=O)[O-])cc1)c1cccc(C(=O)OC)c1. The molecule has 0 spiro atoms. The highest BCUT2D eigenvalue weighted by Gasteiger charge is 2.20. The maximum atomic E-state index is 12.4. The Morgan fingerprint density at radius 2 is 1.74 bits per heavy atom. The summed E-state index contributed by atoms with van der Waals surface area (Å²) < 4.78 is 15.3. The number of methoxy groups -OCH3 is 2. The minimum Gasteiger partial charge on any atom is -0.465 e. The average molecular weight is 373 g/mol. The molecule has 0 aliphatic heterocycles. The molecule has 2 rings (SSSR count). The van der Waals surface area contributed by atoms with E-state index in [1.165, 1.54) is 38.5 Å². The molecule has 0 amide bonds. The van der Waals surface area contributed by atoms with Crippen LogP contribution < -0.4 is 0 Å². The third-order valence-corrected chi connectivity index (χ3v) is 3.83. The van der Waals surface area contributed by atoms with Crippen LogP contribution in [0.1, 0.15) is 38.8 Å². The summed E-state index contributed by atoms with van der Waals surface area (Å²) in [5, 5.41) is 10.7. The second-order valence-corrected chi connectivity index (χ2v) is 5.60. The van der Waals surface area contributed by atoms with Crippen LogP contribution in [0.15, 0.2) is 48.5 Å². The van der Waals surface area contributed by atoms with Gasteiger partial charge in [0, 0.05) is 25.7 Å². The Labute approximate surface area is 155 Å². The van der Waals surface area contributed by atoms with Crippen molar-refractivity contribution in [3.05, 3.63) is 75.3 Å². The number of carbonyl (C=O) groups excluding carboxylic acids is 2. The molecule has 2 aromatic rings. The van der Waals surface area contributed by atoms with E-state index in [2.05, 4.69) is 0 Å². The second-order valence-electron chi connectivity index (χ2n) is 5.60. The molecule has 0 heterocycles. The fourth-order valence-corrected chi connectivity index (χ4v) is 2.42. The van der Waals surface area contributed by atoms with Crippen molar-refractivity contribution in [2.75, 3.05) is 20.8 Å². The quantitative estimate of drug-likeness (QED) is 0.397. The van der Waals surface area contributed by atoms with Crippen molar-refractivity contribution in [3.8, 4) is 0 Å². The molecular weight excluding hydrogens is 354 g/mol. The molecule has 1 atom stereocenters. The van der Waals surface area contributed by atoms with Crippen molar-refractivity contribution in [2.45, 2.75) is 12.5 Å². The van der Waals surface area contributed by atoms with Gasteiger partial charge in [0.25, 0.3) is 5.69 Å². The second kappa shape index (κ2) is 9.44. The smallest absolute Gasteiger partial charge is 0.338 e. The Morgan fingerprint density at radius 3 is 2.33 bits per heavy atom. The van der Waals surface area contributed by atoms with Gasteiger partial charge in [0.15, 0.2) is 0 Å². The highest BCUT2D eigenvalue weighted by atomic mass is 16.6. The van der Waals surface area contributed by atoms with Crippen LogP contribution in [0, 0.1) is 10.1 Å². The molecule has 0 fully saturated rings. The topological polar surface area (TPSA) is 105 Å². The molecule has 27 heavy (non-hydrogen) atoms. The molecule has 0 aliphatic carbocycles. The molecular formula is C19H19NO7. The number of nitrogens with zero attached hydrogens (tertiary/aromatic N) is 1. The lowest BCUT2D eigenvalue weighted by molar-refractivity contribution is -0.384. The Morgan fingerprint density at radius 1 is 1.04 bits per heavy atom. The Hall–Kier alpha value is -3.26. The standard InChI is InChI=1S/C19H19NO7/c1-25-11-10-17(14-4-3-5-15(12-14)18(21)26-2)27-19(22)13-6-8-16(9-7-13)20(23)24/h3-9,12,17H,10-11H2,1-2H3. The van der Waals surface area contributed by atoms with Crippen LogP contribution in [0.25, 0.3) is 0 Å². The van der Waals surface area contributed by atoms with Gasteiger partial charge < -0.3 is 14.2 Å². The number of non-ortho nitro benzene ring substituents is 1. The van der Waals surface area contributed by atoms with Crippen LogP contribution in [-0.2, 0) is 14.2 Å². The lowest BCUT2D eigenvalue weighted by Gasteiger charge is -2.18. The van der Waals surface area contributed by atoms with Crippen molar-refractivity contribution in [1.82, 2.24) is 0 Å². The Kier molecular flexibility index (Phi) is 7.01. The van der Waals surface area contributed by atoms with E-state index in [1.54, 1.807) is 24.3 Å². The minimum absolute atomic E-state index is 0.117. The molecule has 142 valence electrons. The molecule has 8 heteroatoms. The van der Waals surface area contributed by atoms with Gasteiger partial charge in [-0.05, 0) is 29.8 Å². The third-order valence-electron chi connectivity index (χ3n) is 3.83. The van der Waals surface area contributed by atoms with Crippen LogP contribution in [0.4, 0.5) is 5.69 Å². The largest absolute Gasteiger partial charge is 0.465 e. The first kappa shape index (κ1) is 20.1. The summed E-state index contributed by atoms with van der Waals surface area (Å²) in [6, 6.07) is 11.7. The summed E-state index contributed by atoms with van der Waals surface area (Å²) in [5.74, 6) is -1.13. The van der Waals surface area contributed by atoms with Crippen molar-refractivity contribution < 1.29 is 28.7 Å². The first-order valence-corrected chi connectivity index (χ1v) is 8.09. The fourth-order valence-electron chi connectivity index (χ4n) is 2.42. The van der Waals surface area contributed by atoms with Gasteiger partial charge in [0.1, 0.15) is 6.10 Å². The van der Waals surface area contributed by atoms with E-state index >= 15 is 0 Å². The van der Waals surface area contributed by atoms with Gasteiger partial charge in [-0.3, -0.25) is 10.1 Å². The van der Waals surface area contributed by atoms with Crippen molar-refractivity contribution in [3.63, 3.8) is 0 Å². The van der Waals surface area contributed by atoms with E-state index in [-0.39, 0.29) is 11.3 Å². The van der Waals surface area contributed by atoms with Crippen LogP contribution in [0.5, 0.6) is 0 Å². The number of rotatable bonds is 8. The zero-order valence-electron chi connectivity index (χ0n) is 14.9. The fraction of sp³-hybridized carbons (Fsp3) is 0.263. The average Bonchev–Trinajstić information content (AvgIpc) is 2.70. The monoisotopic (exact) mass is 373 g/mol.